The van der Waals surface area contributed by atoms with Crippen LogP contribution in [-0.4, -0.2) is 17.7 Å². The second-order valence-electron chi connectivity index (χ2n) is 2.25. The van der Waals surface area contributed by atoms with Gasteiger partial charge in [0, 0.05) is 6.42 Å². The van der Waals surface area contributed by atoms with Gasteiger partial charge in [0.1, 0.15) is 0 Å². The summed E-state index contributed by atoms with van der Waals surface area (Å²) in [5.74, 6) is 0.700. The molecule has 71 valence electrons. The molecule has 0 aliphatic carbocycles. The molecule has 0 atom stereocenters. The van der Waals surface area contributed by atoms with E-state index >= 15 is 0 Å². The molecule has 1 heterocycles. The van der Waals surface area contributed by atoms with Crippen LogP contribution in [0, 0.1) is 0 Å². The maximum absolute atomic E-state index is 10.9. The molecule has 1 amide bonds. The van der Waals surface area contributed by atoms with Gasteiger partial charge in [-0.15, -0.1) is 0 Å². The zero-order chi connectivity index (χ0) is 9.68. The molecular formula is C8H11N2O2S. The Hall–Kier alpha value is -0.970. The molecule has 0 aromatic heterocycles. The quantitative estimate of drug-likeness (QED) is 0.691. The third kappa shape index (κ3) is 3.10. The first kappa shape index (κ1) is 10.1. The summed E-state index contributed by atoms with van der Waals surface area (Å²) < 4.78 is 5.16. The van der Waals surface area contributed by atoms with Gasteiger partial charge >= 0.3 is 6.02 Å². The van der Waals surface area contributed by atoms with Gasteiger partial charge in [-0.05, 0) is 5.75 Å². The average molecular weight is 199 g/mol. The lowest BCUT2D eigenvalue weighted by Crippen LogP contribution is -2.09. The highest BCUT2D eigenvalue weighted by molar-refractivity contribution is 8.02. The summed E-state index contributed by atoms with van der Waals surface area (Å²) in [6.07, 6.45) is 1.95. The number of amidine groups is 1. The van der Waals surface area contributed by atoms with Gasteiger partial charge in [-0.3, -0.25) is 4.79 Å². The topological polar surface area (TPSA) is 52.8 Å². The molecule has 0 aromatic rings. The van der Waals surface area contributed by atoms with Gasteiger partial charge in [0.15, 0.2) is 5.09 Å². The normalized spacial score (nSPS) is 18.0. The molecule has 0 N–H and O–H groups in total. The molecule has 0 fully saturated rings. The molecule has 4 nitrogen and oxygen atoms in total. The average Bonchev–Trinajstić information content (AvgIpc) is 2.53. The molecule has 0 spiro atoms. The second kappa shape index (κ2) is 4.91. The number of ether oxygens (including phenoxy) is 1. The summed E-state index contributed by atoms with van der Waals surface area (Å²) in [6, 6.07) is 0.155. The minimum Gasteiger partial charge on any atom is -0.415 e. The number of aliphatic imine (C=N–C) groups is 1. The molecule has 1 rings (SSSR count). The summed E-state index contributed by atoms with van der Waals surface area (Å²) in [7, 11) is 0. The van der Waals surface area contributed by atoms with Crippen LogP contribution < -0.4 is 5.32 Å². The molecule has 0 bridgehead atoms. The molecule has 13 heavy (non-hydrogen) atoms. The number of carbonyl (C=O) groups is 1. The van der Waals surface area contributed by atoms with Crippen molar-refractivity contribution in [1.82, 2.24) is 5.32 Å². The van der Waals surface area contributed by atoms with E-state index in [0.29, 0.717) is 11.5 Å². The van der Waals surface area contributed by atoms with Crippen molar-refractivity contribution in [3.05, 3.63) is 11.3 Å². The lowest BCUT2D eigenvalue weighted by Gasteiger charge is -1.98. The van der Waals surface area contributed by atoms with Crippen molar-refractivity contribution in [3.63, 3.8) is 0 Å². The van der Waals surface area contributed by atoms with Gasteiger partial charge in [-0.2, -0.15) is 10.3 Å². The summed E-state index contributed by atoms with van der Waals surface area (Å²) >= 11 is 1.53. The number of thioether (sulfide) groups is 1. The highest BCUT2D eigenvalue weighted by Gasteiger charge is 2.15. The third-order valence-electron chi connectivity index (χ3n) is 1.28. The van der Waals surface area contributed by atoms with Crippen LogP contribution in [0.4, 0.5) is 0 Å². The Morgan fingerprint density at radius 1 is 1.69 bits per heavy atom. The molecule has 5 heteroatoms. The highest BCUT2D eigenvalue weighted by Crippen LogP contribution is 2.19. The van der Waals surface area contributed by atoms with E-state index in [9.17, 15) is 4.79 Å². The molecule has 1 aliphatic heterocycles. The maximum atomic E-state index is 10.9. The first-order chi connectivity index (χ1) is 6.26. The molecule has 1 aliphatic rings. The van der Waals surface area contributed by atoms with Gasteiger partial charge in [0.05, 0.1) is 6.20 Å². The minimum absolute atomic E-state index is 0.155. The van der Waals surface area contributed by atoms with Crippen LogP contribution in [0.25, 0.3) is 0 Å². The first-order valence-corrected chi connectivity index (χ1v) is 5.08. The molecule has 0 unspecified atom stereocenters. The predicted molar refractivity (Wildman–Crippen MR) is 52.2 cm³/mol. The number of amides is 1. The Balaban J connectivity index is 2.45. The van der Waals surface area contributed by atoms with Crippen molar-refractivity contribution in [2.45, 2.75) is 20.3 Å². The van der Waals surface area contributed by atoms with E-state index in [1.165, 1.54) is 11.8 Å². The van der Waals surface area contributed by atoms with Crippen LogP contribution in [0.3, 0.4) is 0 Å². The SMILES string of the molecule is CCSC1=C[N]C(=NC(=O)CC)O1. The highest BCUT2D eigenvalue weighted by atomic mass is 32.2. The fourth-order valence-electron chi connectivity index (χ4n) is 0.697. The van der Waals surface area contributed by atoms with E-state index in [0.717, 1.165) is 5.75 Å². The lowest BCUT2D eigenvalue weighted by molar-refractivity contribution is -0.117. The number of carbonyl (C=O) groups excluding carboxylic acids is 1. The summed E-state index contributed by atoms with van der Waals surface area (Å²) in [5, 5.41) is 4.55. The fourth-order valence-corrected chi connectivity index (χ4v) is 1.24. The third-order valence-corrected chi connectivity index (χ3v) is 2.04. The van der Waals surface area contributed by atoms with Crippen molar-refractivity contribution in [2.75, 3.05) is 5.75 Å². The largest absolute Gasteiger partial charge is 0.415 e. The summed E-state index contributed by atoms with van der Waals surface area (Å²) in [5.41, 5.74) is 0. The molecule has 0 saturated carbocycles. The van der Waals surface area contributed by atoms with Crippen LogP contribution in [-0.2, 0) is 9.53 Å². The van der Waals surface area contributed by atoms with E-state index in [4.69, 9.17) is 4.74 Å². The van der Waals surface area contributed by atoms with E-state index in [-0.39, 0.29) is 11.9 Å². The van der Waals surface area contributed by atoms with Crippen molar-refractivity contribution >= 4 is 23.7 Å². The second-order valence-corrected chi connectivity index (χ2v) is 3.52. The summed E-state index contributed by atoms with van der Waals surface area (Å²) in [4.78, 5) is 14.5. The Kier molecular flexibility index (Phi) is 3.82. The number of hydrogen-bond acceptors (Lipinski definition) is 3. The maximum Gasteiger partial charge on any atom is 0.325 e. The Morgan fingerprint density at radius 3 is 3.08 bits per heavy atom. The lowest BCUT2D eigenvalue weighted by atomic mass is 10.5. The van der Waals surface area contributed by atoms with E-state index in [1.54, 1.807) is 13.1 Å². The van der Waals surface area contributed by atoms with E-state index < -0.39 is 0 Å². The number of nitrogens with zero attached hydrogens (tertiary/aromatic N) is 2. The van der Waals surface area contributed by atoms with Gasteiger partial charge in [-0.25, -0.2) is 0 Å². The van der Waals surface area contributed by atoms with E-state index in [2.05, 4.69) is 10.3 Å². The zero-order valence-corrected chi connectivity index (χ0v) is 8.43. The molecule has 0 aromatic carbocycles. The Labute approximate surface area is 81.4 Å². The van der Waals surface area contributed by atoms with Crippen molar-refractivity contribution < 1.29 is 9.53 Å². The van der Waals surface area contributed by atoms with Crippen molar-refractivity contribution in [1.29, 1.82) is 0 Å². The minimum atomic E-state index is -0.213. The van der Waals surface area contributed by atoms with Crippen molar-refractivity contribution in [2.24, 2.45) is 4.99 Å². The van der Waals surface area contributed by atoms with Crippen LogP contribution in [0.2, 0.25) is 0 Å². The molecular weight excluding hydrogens is 188 g/mol. The van der Waals surface area contributed by atoms with E-state index in [1.807, 2.05) is 6.92 Å². The first-order valence-electron chi connectivity index (χ1n) is 4.09. The smallest absolute Gasteiger partial charge is 0.325 e. The van der Waals surface area contributed by atoms with Gasteiger partial charge in [-0.1, -0.05) is 25.6 Å². The fraction of sp³-hybridized carbons (Fsp3) is 0.500. The predicted octanol–water partition coefficient (Wildman–Crippen LogP) is 1.47. The Morgan fingerprint density at radius 2 is 2.46 bits per heavy atom. The molecule has 1 radical (unpaired) electrons. The van der Waals surface area contributed by atoms with Gasteiger partial charge in [0.2, 0.25) is 5.91 Å². The van der Waals surface area contributed by atoms with Crippen molar-refractivity contribution in [3.8, 4) is 0 Å². The van der Waals surface area contributed by atoms with Crippen LogP contribution >= 0.6 is 11.8 Å². The van der Waals surface area contributed by atoms with Gasteiger partial charge in [0.25, 0.3) is 0 Å². The van der Waals surface area contributed by atoms with Crippen LogP contribution in [0.15, 0.2) is 16.3 Å². The standard InChI is InChI=1S/C8H11N2O2S/c1-3-6(11)10-8-9-5-7(12-8)13-4-2/h5H,3-4H2,1-2H3. The number of hydrogen-bond donors (Lipinski definition) is 0. The number of rotatable bonds is 3. The van der Waals surface area contributed by atoms with Gasteiger partial charge < -0.3 is 4.74 Å². The monoisotopic (exact) mass is 199 g/mol. The Bertz CT molecular complexity index is 261. The zero-order valence-electron chi connectivity index (χ0n) is 7.61. The molecule has 0 saturated heterocycles. The van der Waals surface area contributed by atoms with Crippen LogP contribution in [0.5, 0.6) is 0 Å². The van der Waals surface area contributed by atoms with Crippen LogP contribution in [0.1, 0.15) is 20.3 Å². The summed E-state index contributed by atoms with van der Waals surface area (Å²) in [6.45, 7) is 3.76.